The summed E-state index contributed by atoms with van der Waals surface area (Å²) in [6.45, 7) is 9.33. The molecular weight excluding hydrogens is 928 g/mol. The van der Waals surface area contributed by atoms with E-state index in [9.17, 15) is 0 Å². The van der Waals surface area contributed by atoms with Crippen molar-refractivity contribution < 1.29 is 0 Å². The maximum Gasteiger partial charge on any atom is 0.252 e. The predicted molar refractivity (Wildman–Crippen MR) is 330 cm³/mol. The zero-order chi connectivity index (χ0) is 52.0. The molecule has 370 valence electrons. The van der Waals surface area contributed by atoms with Crippen LogP contribution in [0.3, 0.4) is 0 Å². The molecule has 11 aromatic carbocycles. The molecule has 0 radical (unpaired) electrons. The smallest absolute Gasteiger partial charge is 0.252 e. The van der Waals surface area contributed by atoms with Crippen molar-refractivity contribution in [1.82, 2.24) is 0 Å². The Kier molecular flexibility index (Phi) is 12.4. The topological polar surface area (TPSA) is 6.48 Å². The quantitative estimate of drug-likeness (QED) is 0.119. The van der Waals surface area contributed by atoms with Gasteiger partial charge in [-0.1, -0.05) is 253 Å². The van der Waals surface area contributed by atoms with Crippen LogP contribution >= 0.6 is 0 Å². The van der Waals surface area contributed by atoms with Gasteiger partial charge in [0.2, 0.25) is 0 Å². The third-order valence-corrected chi connectivity index (χ3v) is 16.0. The van der Waals surface area contributed by atoms with Gasteiger partial charge in [0.1, 0.15) is 0 Å². The summed E-state index contributed by atoms with van der Waals surface area (Å²) in [5.41, 5.74) is 27.8. The Morgan fingerprint density at radius 3 is 1.17 bits per heavy atom. The highest BCUT2D eigenvalue weighted by Gasteiger charge is 2.45. The first-order chi connectivity index (χ1) is 37.8. The molecule has 0 amide bonds. The minimum atomic E-state index is -0.203. The Morgan fingerprint density at radius 1 is 0.338 bits per heavy atom. The summed E-state index contributed by atoms with van der Waals surface area (Å²) in [6.07, 6.45) is 3.18. The number of nitrogens with zero attached hydrogens (tertiary/aromatic N) is 2. The van der Waals surface area contributed by atoms with Crippen molar-refractivity contribution in [2.45, 2.75) is 52.4 Å². The number of rotatable bonds is 11. The Morgan fingerprint density at radius 2 is 0.727 bits per heavy atom. The molecule has 13 rings (SSSR count). The van der Waals surface area contributed by atoms with Crippen LogP contribution in [-0.2, 0) is 11.8 Å². The molecule has 2 aliphatic heterocycles. The Bertz CT molecular complexity index is 3860. The zero-order valence-corrected chi connectivity index (χ0v) is 44.4. The summed E-state index contributed by atoms with van der Waals surface area (Å²) in [4.78, 5) is 5.35. The molecule has 3 heteroatoms. The van der Waals surface area contributed by atoms with Crippen LogP contribution in [0.15, 0.2) is 261 Å². The Labute approximate surface area is 455 Å². The maximum absolute atomic E-state index is 2.68. The molecule has 2 nitrogen and oxygen atoms in total. The van der Waals surface area contributed by atoms with E-state index in [1.54, 1.807) is 0 Å². The Balaban J connectivity index is 1.20. The number of aryl methyl sites for hydroxylation is 1. The second-order valence-corrected chi connectivity index (χ2v) is 21.9. The standard InChI is InChI=1S/C74H61BN2/c1-5-6-25-57-38-39-60(53-30-17-9-18-31-53)48-69(57)76-67-42-40-58(51-26-13-7-14-27-51)46-65(67)75-66-47-59(52-28-15-8-16-29-52)41-43-68(66)77(71-50-62(74(2,3)4)49-70(76)72(71)75)73-63(55-34-21-11-22-35-55)44-61(54-32-19-10-20-33-54)45-64(73)56-36-23-12-24-37-56/h7-24,26-50H,5-6,25H2,1-4H3. The fourth-order valence-corrected chi connectivity index (χ4v) is 12.1. The minimum absolute atomic E-state index is 0.112. The van der Waals surface area contributed by atoms with E-state index in [0.29, 0.717) is 0 Å². The molecule has 0 saturated carbocycles. The van der Waals surface area contributed by atoms with E-state index in [1.165, 1.54) is 123 Å². The third-order valence-electron chi connectivity index (χ3n) is 16.0. The molecule has 0 spiro atoms. The van der Waals surface area contributed by atoms with Crippen LogP contribution in [0.4, 0.5) is 34.1 Å². The molecule has 0 bridgehead atoms. The highest BCUT2D eigenvalue weighted by atomic mass is 15.2. The number of benzene rings is 11. The number of fused-ring (bicyclic) bond motifs is 4. The lowest BCUT2D eigenvalue weighted by molar-refractivity contribution is 0.590. The normalized spacial score (nSPS) is 12.5. The molecule has 0 saturated heterocycles. The second-order valence-electron chi connectivity index (χ2n) is 21.9. The van der Waals surface area contributed by atoms with Crippen LogP contribution in [0, 0.1) is 0 Å². The Hall–Kier alpha value is -8.92. The molecule has 11 aromatic rings. The van der Waals surface area contributed by atoms with Gasteiger partial charge in [0.25, 0.3) is 6.71 Å². The number of unbranched alkanes of at least 4 members (excludes halogenated alkanes) is 1. The fourth-order valence-electron chi connectivity index (χ4n) is 12.1. The number of hydrogen-bond acceptors (Lipinski definition) is 2. The van der Waals surface area contributed by atoms with Gasteiger partial charge in [0, 0.05) is 39.6 Å². The summed E-state index contributed by atoms with van der Waals surface area (Å²) in [7, 11) is 0. The first kappa shape index (κ1) is 47.8. The first-order valence-electron chi connectivity index (χ1n) is 27.5. The van der Waals surface area contributed by atoms with Gasteiger partial charge >= 0.3 is 0 Å². The van der Waals surface area contributed by atoms with Crippen LogP contribution in [0.1, 0.15) is 51.7 Å². The zero-order valence-electron chi connectivity index (χ0n) is 44.4. The van der Waals surface area contributed by atoms with Crippen molar-refractivity contribution in [3.63, 3.8) is 0 Å². The lowest BCUT2D eigenvalue weighted by Crippen LogP contribution is -2.61. The molecule has 0 N–H and O–H groups in total. The molecule has 0 aromatic heterocycles. The minimum Gasteiger partial charge on any atom is -0.311 e. The molecule has 0 atom stereocenters. The fraction of sp³-hybridized carbons (Fsp3) is 0.108. The van der Waals surface area contributed by atoms with Gasteiger partial charge in [0.05, 0.1) is 5.69 Å². The summed E-state index contributed by atoms with van der Waals surface area (Å²) in [6, 6.07) is 97.7. The molecule has 0 unspecified atom stereocenters. The van der Waals surface area contributed by atoms with Crippen molar-refractivity contribution in [3.8, 4) is 66.8 Å². The van der Waals surface area contributed by atoms with Crippen molar-refractivity contribution in [1.29, 1.82) is 0 Å². The third kappa shape index (κ3) is 8.76. The van der Waals surface area contributed by atoms with Crippen molar-refractivity contribution in [3.05, 3.63) is 272 Å². The molecule has 0 fully saturated rings. The molecule has 77 heavy (non-hydrogen) atoms. The monoisotopic (exact) mass is 988 g/mol. The number of hydrogen-bond donors (Lipinski definition) is 0. The summed E-state index contributed by atoms with van der Waals surface area (Å²) >= 11 is 0. The van der Waals surface area contributed by atoms with Crippen LogP contribution in [0.25, 0.3) is 66.8 Å². The van der Waals surface area contributed by atoms with Crippen LogP contribution in [0.2, 0.25) is 0 Å². The highest BCUT2D eigenvalue weighted by molar-refractivity contribution is 7.00. The van der Waals surface area contributed by atoms with Crippen molar-refractivity contribution in [2.24, 2.45) is 0 Å². The molecule has 2 aliphatic rings. The van der Waals surface area contributed by atoms with Gasteiger partial charge < -0.3 is 9.80 Å². The lowest BCUT2D eigenvalue weighted by atomic mass is 9.33. The largest absolute Gasteiger partial charge is 0.311 e. The van der Waals surface area contributed by atoms with Gasteiger partial charge in [-0.25, -0.2) is 0 Å². The van der Waals surface area contributed by atoms with Crippen LogP contribution in [-0.4, -0.2) is 6.71 Å². The van der Waals surface area contributed by atoms with E-state index in [0.717, 1.165) is 24.9 Å². The second kappa shape index (κ2) is 20.0. The molecule has 0 aliphatic carbocycles. The summed E-state index contributed by atoms with van der Waals surface area (Å²) in [5, 5.41) is 0. The average molecular weight is 989 g/mol. The number of anilines is 6. The van der Waals surface area contributed by atoms with Crippen LogP contribution < -0.4 is 26.2 Å². The van der Waals surface area contributed by atoms with Gasteiger partial charge in [-0.05, 0) is 144 Å². The van der Waals surface area contributed by atoms with E-state index in [-0.39, 0.29) is 12.1 Å². The van der Waals surface area contributed by atoms with Crippen LogP contribution in [0.5, 0.6) is 0 Å². The highest BCUT2D eigenvalue weighted by Crippen LogP contribution is 2.53. The summed E-state index contributed by atoms with van der Waals surface area (Å²) in [5.74, 6) is 0. The SMILES string of the molecule is CCCCc1ccc(-c2ccccc2)cc1N1c2ccc(-c3ccccc3)cc2B2c3cc(-c4ccccc4)ccc3N(c3c(-c4ccccc4)cc(-c4ccccc4)cc3-c3ccccc3)c3cc(C(C)(C)C)cc1c32. The lowest BCUT2D eigenvalue weighted by Gasteiger charge is -2.46. The van der Waals surface area contributed by atoms with E-state index in [4.69, 9.17) is 0 Å². The molecule has 2 heterocycles. The predicted octanol–water partition coefficient (Wildman–Crippen LogP) is 18.4. The van der Waals surface area contributed by atoms with Gasteiger partial charge in [-0.15, -0.1) is 0 Å². The van der Waals surface area contributed by atoms with E-state index >= 15 is 0 Å². The maximum atomic E-state index is 2.68. The summed E-state index contributed by atoms with van der Waals surface area (Å²) < 4.78 is 0. The van der Waals surface area contributed by atoms with E-state index in [1.807, 2.05) is 0 Å². The van der Waals surface area contributed by atoms with E-state index in [2.05, 4.69) is 298 Å². The van der Waals surface area contributed by atoms with Crippen molar-refractivity contribution in [2.75, 3.05) is 9.80 Å². The van der Waals surface area contributed by atoms with Gasteiger partial charge in [-0.3, -0.25) is 0 Å². The van der Waals surface area contributed by atoms with Gasteiger partial charge in [-0.2, -0.15) is 0 Å². The first-order valence-corrected chi connectivity index (χ1v) is 27.5. The van der Waals surface area contributed by atoms with Gasteiger partial charge in [0.15, 0.2) is 0 Å². The van der Waals surface area contributed by atoms with Crippen molar-refractivity contribution >= 4 is 57.2 Å². The molecular formula is C74H61BN2. The average Bonchev–Trinajstić information content (AvgIpc) is 3.60. The van der Waals surface area contributed by atoms with E-state index < -0.39 is 0 Å².